The molecule has 166 valence electrons. The third-order valence-electron chi connectivity index (χ3n) is 6.70. The van der Waals surface area contributed by atoms with Crippen LogP contribution in [-0.2, 0) is 20.7 Å². The van der Waals surface area contributed by atoms with Gasteiger partial charge in [-0.25, -0.2) is 0 Å². The van der Waals surface area contributed by atoms with E-state index in [-0.39, 0.29) is 23.3 Å². The maximum absolute atomic E-state index is 12.8. The zero-order valence-corrected chi connectivity index (χ0v) is 18.9. The van der Waals surface area contributed by atoms with E-state index in [0.29, 0.717) is 32.7 Å². The number of hydrogen-bond donors (Lipinski definition) is 0. The monoisotopic (exact) mass is 416 g/mol. The lowest BCUT2D eigenvalue weighted by Gasteiger charge is -2.47. The standard InChI is InChI=1S/C24H36N2O4/c1-5-30-21-10-9-19(15-18(21)2)7-6-8-22(27)26-13-11-24(12-14-26)16-20(29-4)17-25(3)23(24)28/h9-10,15,20H,5-8,11-14,16-17H2,1-4H3. The fourth-order valence-electron chi connectivity index (χ4n) is 4.93. The fourth-order valence-corrected chi connectivity index (χ4v) is 4.93. The third kappa shape index (κ3) is 4.97. The Morgan fingerprint density at radius 1 is 1.27 bits per heavy atom. The van der Waals surface area contributed by atoms with Crippen molar-refractivity contribution in [3.05, 3.63) is 29.3 Å². The van der Waals surface area contributed by atoms with Gasteiger partial charge >= 0.3 is 0 Å². The van der Waals surface area contributed by atoms with Gasteiger partial charge < -0.3 is 19.3 Å². The number of likely N-dealkylation sites (tertiary alicyclic amines) is 2. The summed E-state index contributed by atoms with van der Waals surface area (Å²) in [6.07, 6.45) is 4.60. The number of likely N-dealkylation sites (N-methyl/N-ethyl adjacent to an activating group) is 1. The number of rotatable bonds is 7. The molecule has 0 N–H and O–H groups in total. The lowest BCUT2D eigenvalue weighted by Crippen LogP contribution is -2.57. The molecule has 2 heterocycles. The first kappa shape index (κ1) is 22.6. The molecule has 6 nitrogen and oxygen atoms in total. The van der Waals surface area contributed by atoms with Crippen LogP contribution in [0.5, 0.6) is 5.75 Å². The van der Waals surface area contributed by atoms with Gasteiger partial charge in [0.1, 0.15) is 5.75 Å². The Morgan fingerprint density at radius 2 is 2.00 bits per heavy atom. The van der Waals surface area contributed by atoms with Crippen molar-refractivity contribution in [3.63, 3.8) is 0 Å². The summed E-state index contributed by atoms with van der Waals surface area (Å²) < 4.78 is 11.1. The summed E-state index contributed by atoms with van der Waals surface area (Å²) in [5.74, 6) is 1.35. The number of nitrogens with zero attached hydrogens (tertiary/aromatic N) is 2. The van der Waals surface area contributed by atoms with E-state index < -0.39 is 0 Å². The van der Waals surface area contributed by atoms with Gasteiger partial charge in [-0.15, -0.1) is 0 Å². The number of ether oxygens (including phenoxy) is 2. The van der Waals surface area contributed by atoms with E-state index >= 15 is 0 Å². The highest BCUT2D eigenvalue weighted by Crippen LogP contribution is 2.41. The summed E-state index contributed by atoms with van der Waals surface area (Å²) >= 11 is 0. The minimum Gasteiger partial charge on any atom is -0.494 e. The van der Waals surface area contributed by atoms with Crippen molar-refractivity contribution in [3.8, 4) is 5.75 Å². The molecule has 0 saturated carbocycles. The molecule has 0 radical (unpaired) electrons. The Bertz CT molecular complexity index is 756. The van der Waals surface area contributed by atoms with Crippen molar-refractivity contribution in [1.29, 1.82) is 0 Å². The van der Waals surface area contributed by atoms with Gasteiger partial charge in [-0.2, -0.15) is 0 Å². The molecule has 2 saturated heterocycles. The van der Waals surface area contributed by atoms with Gasteiger partial charge in [-0.3, -0.25) is 9.59 Å². The molecular weight excluding hydrogens is 380 g/mol. The van der Waals surface area contributed by atoms with Gasteiger partial charge in [-0.05, 0) is 63.1 Å². The first-order chi connectivity index (χ1) is 14.4. The van der Waals surface area contributed by atoms with E-state index in [4.69, 9.17) is 9.47 Å². The number of carbonyl (C=O) groups is 2. The van der Waals surface area contributed by atoms with Gasteiger partial charge in [0.2, 0.25) is 11.8 Å². The number of benzene rings is 1. The molecule has 1 spiro atoms. The van der Waals surface area contributed by atoms with Crippen LogP contribution in [0.1, 0.15) is 50.2 Å². The molecule has 6 heteroatoms. The molecule has 3 rings (SSSR count). The number of carbonyl (C=O) groups excluding carboxylic acids is 2. The van der Waals surface area contributed by atoms with Crippen molar-refractivity contribution >= 4 is 11.8 Å². The van der Waals surface area contributed by atoms with E-state index in [0.717, 1.165) is 43.4 Å². The zero-order valence-electron chi connectivity index (χ0n) is 18.9. The summed E-state index contributed by atoms with van der Waals surface area (Å²) in [5.41, 5.74) is 2.02. The summed E-state index contributed by atoms with van der Waals surface area (Å²) in [5, 5.41) is 0. The lowest BCUT2D eigenvalue weighted by molar-refractivity contribution is -0.158. The Labute approximate surface area is 180 Å². The molecule has 0 aliphatic carbocycles. The highest BCUT2D eigenvalue weighted by Gasteiger charge is 2.48. The molecule has 1 aromatic rings. The predicted octanol–water partition coefficient (Wildman–Crippen LogP) is 3.20. The van der Waals surface area contributed by atoms with Gasteiger partial charge in [0.05, 0.1) is 18.1 Å². The Balaban J connectivity index is 1.47. The second-order valence-electron chi connectivity index (χ2n) is 8.80. The number of methoxy groups -OCH3 is 1. The number of piperidine rings is 2. The zero-order chi connectivity index (χ0) is 21.7. The fraction of sp³-hybridized carbons (Fsp3) is 0.667. The van der Waals surface area contributed by atoms with Crippen LogP contribution in [0, 0.1) is 12.3 Å². The van der Waals surface area contributed by atoms with Gasteiger partial charge in [0, 0.05) is 40.2 Å². The maximum atomic E-state index is 12.8. The smallest absolute Gasteiger partial charge is 0.228 e. The number of amides is 2. The van der Waals surface area contributed by atoms with E-state index in [1.54, 1.807) is 12.0 Å². The highest BCUT2D eigenvalue weighted by molar-refractivity contribution is 5.84. The largest absolute Gasteiger partial charge is 0.494 e. The highest BCUT2D eigenvalue weighted by atomic mass is 16.5. The topological polar surface area (TPSA) is 59.1 Å². The minimum atomic E-state index is -0.357. The normalized spacial score (nSPS) is 21.2. The molecule has 2 aliphatic rings. The second kappa shape index (κ2) is 9.82. The van der Waals surface area contributed by atoms with Crippen molar-refractivity contribution in [2.45, 2.75) is 58.5 Å². The number of hydrogen-bond acceptors (Lipinski definition) is 4. The van der Waals surface area contributed by atoms with E-state index in [1.807, 2.05) is 24.9 Å². The van der Waals surface area contributed by atoms with Gasteiger partial charge in [-0.1, -0.05) is 12.1 Å². The molecule has 30 heavy (non-hydrogen) atoms. The lowest BCUT2D eigenvalue weighted by atomic mass is 9.71. The van der Waals surface area contributed by atoms with Crippen LogP contribution >= 0.6 is 0 Å². The quantitative estimate of drug-likeness (QED) is 0.685. The summed E-state index contributed by atoms with van der Waals surface area (Å²) in [6.45, 7) is 6.69. The van der Waals surface area contributed by atoms with Crippen LogP contribution in [0.4, 0.5) is 0 Å². The third-order valence-corrected chi connectivity index (χ3v) is 6.70. The van der Waals surface area contributed by atoms with E-state index in [9.17, 15) is 9.59 Å². The first-order valence-electron chi connectivity index (χ1n) is 11.2. The second-order valence-corrected chi connectivity index (χ2v) is 8.80. The Hall–Kier alpha value is -2.08. The molecule has 2 amide bonds. The van der Waals surface area contributed by atoms with Crippen LogP contribution < -0.4 is 4.74 Å². The minimum absolute atomic E-state index is 0.0903. The van der Waals surface area contributed by atoms with Crippen molar-refractivity contribution in [1.82, 2.24) is 9.80 Å². The SMILES string of the molecule is CCOc1ccc(CCCC(=O)N2CCC3(CC2)CC(OC)CN(C)C3=O)cc1C. The molecule has 2 aliphatic heterocycles. The Kier molecular flexibility index (Phi) is 7.40. The van der Waals surface area contributed by atoms with Crippen LogP contribution in [-0.4, -0.2) is 68.1 Å². The molecule has 0 aromatic heterocycles. The molecule has 2 fully saturated rings. The molecule has 1 atom stereocenters. The average Bonchev–Trinajstić information content (AvgIpc) is 2.74. The van der Waals surface area contributed by atoms with Crippen LogP contribution in [0.2, 0.25) is 0 Å². The van der Waals surface area contributed by atoms with Gasteiger partial charge in [0.25, 0.3) is 0 Å². The summed E-state index contributed by atoms with van der Waals surface area (Å²) in [7, 11) is 3.57. The maximum Gasteiger partial charge on any atom is 0.228 e. The summed E-state index contributed by atoms with van der Waals surface area (Å²) in [4.78, 5) is 29.3. The predicted molar refractivity (Wildman–Crippen MR) is 117 cm³/mol. The molecule has 1 aromatic carbocycles. The summed E-state index contributed by atoms with van der Waals surface area (Å²) in [6, 6.07) is 6.26. The number of aryl methyl sites for hydroxylation is 2. The van der Waals surface area contributed by atoms with Crippen molar-refractivity contribution in [2.75, 3.05) is 40.4 Å². The Morgan fingerprint density at radius 3 is 2.63 bits per heavy atom. The first-order valence-corrected chi connectivity index (χ1v) is 11.2. The molecule has 0 bridgehead atoms. The average molecular weight is 417 g/mol. The van der Waals surface area contributed by atoms with Crippen LogP contribution in [0.3, 0.4) is 0 Å². The van der Waals surface area contributed by atoms with Crippen LogP contribution in [0.25, 0.3) is 0 Å². The van der Waals surface area contributed by atoms with Crippen molar-refractivity contribution in [2.24, 2.45) is 5.41 Å². The van der Waals surface area contributed by atoms with E-state index in [2.05, 4.69) is 19.1 Å². The van der Waals surface area contributed by atoms with Crippen molar-refractivity contribution < 1.29 is 19.1 Å². The molecule has 1 unspecified atom stereocenters. The van der Waals surface area contributed by atoms with E-state index in [1.165, 1.54) is 5.56 Å². The molecular formula is C24H36N2O4. The van der Waals surface area contributed by atoms with Gasteiger partial charge in [0.15, 0.2) is 0 Å². The van der Waals surface area contributed by atoms with Crippen LogP contribution in [0.15, 0.2) is 18.2 Å².